The monoisotopic (exact) mass is 249 g/mol. The Hall–Kier alpha value is -1.88. The van der Waals surface area contributed by atoms with Gasteiger partial charge in [-0.15, -0.1) is 0 Å². The fraction of sp³-hybridized carbons (Fsp3) is 0.385. The molecule has 5 heteroatoms. The number of hydrogen-bond donors (Lipinski definition) is 3. The fourth-order valence-corrected chi connectivity index (χ4v) is 1.54. The van der Waals surface area contributed by atoms with E-state index < -0.39 is 0 Å². The van der Waals surface area contributed by atoms with Crippen molar-refractivity contribution in [1.82, 2.24) is 10.6 Å². The van der Waals surface area contributed by atoms with Crippen LogP contribution >= 0.6 is 0 Å². The number of carbonyl (C=O) groups is 2. The highest BCUT2D eigenvalue weighted by Crippen LogP contribution is 2.06. The predicted octanol–water partition coefficient (Wildman–Crippen LogP) is -0.271. The molecule has 0 aromatic heterocycles. The molecule has 0 radical (unpaired) electrons. The molecule has 1 aromatic carbocycles. The van der Waals surface area contributed by atoms with Gasteiger partial charge >= 0.3 is 0 Å². The van der Waals surface area contributed by atoms with Crippen LogP contribution in [0, 0.1) is 6.92 Å². The summed E-state index contributed by atoms with van der Waals surface area (Å²) < 4.78 is 0. The van der Waals surface area contributed by atoms with Crippen LogP contribution in [-0.2, 0) is 16.0 Å². The molecule has 5 nitrogen and oxygen atoms in total. The van der Waals surface area contributed by atoms with Gasteiger partial charge in [-0.3, -0.25) is 9.59 Å². The molecule has 0 spiro atoms. The molecule has 0 aliphatic carbocycles. The van der Waals surface area contributed by atoms with Gasteiger partial charge in [0.05, 0.1) is 13.1 Å². The predicted molar refractivity (Wildman–Crippen MR) is 70.0 cm³/mol. The molecule has 2 amide bonds. The minimum atomic E-state index is -0.330. The summed E-state index contributed by atoms with van der Waals surface area (Å²) in [5.74, 6) is -0.533. The summed E-state index contributed by atoms with van der Waals surface area (Å²) in [6.07, 6.45) is 0.781. The lowest BCUT2D eigenvalue weighted by molar-refractivity contribution is -0.125. The average molecular weight is 249 g/mol. The number of hydrogen-bond acceptors (Lipinski definition) is 3. The van der Waals surface area contributed by atoms with Gasteiger partial charge in [0, 0.05) is 6.54 Å². The second kappa shape index (κ2) is 7.45. The summed E-state index contributed by atoms with van der Waals surface area (Å²) in [4.78, 5) is 22.2. The summed E-state index contributed by atoms with van der Waals surface area (Å²) in [5.41, 5.74) is 7.53. The number of aryl methyl sites for hydroxylation is 1. The number of nitrogens with two attached hydrogens (primary N) is 1. The highest BCUT2D eigenvalue weighted by atomic mass is 16.2. The molecule has 1 rings (SSSR count). The number of benzene rings is 1. The molecule has 0 bridgehead atoms. The molecule has 0 aliphatic heterocycles. The zero-order chi connectivity index (χ0) is 13.4. The first-order chi connectivity index (χ1) is 8.63. The SMILES string of the molecule is Cc1ccccc1CCNC(=O)CNC(=O)CN. The van der Waals surface area contributed by atoms with Crippen LogP contribution in [0.1, 0.15) is 11.1 Å². The fourth-order valence-electron chi connectivity index (χ4n) is 1.54. The molecule has 0 unspecified atom stereocenters. The number of amides is 2. The molecule has 0 saturated carbocycles. The second-order valence-corrected chi connectivity index (χ2v) is 4.01. The van der Waals surface area contributed by atoms with Crippen LogP contribution in [0.5, 0.6) is 0 Å². The largest absolute Gasteiger partial charge is 0.354 e. The van der Waals surface area contributed by atoms with Crippen molar-refractivity contribution in [3.63, 3.8) is 0 Å². The Labute approximate surface area is 107 Å². The average Bonchev–Trinajstić information content (AvgIpc) is 2.38. The standard InChI is InChI=1S/C13H19N3O2/c1-10-4-2-3-5-11(10)6-7-15-13(18)9-16-12(17)8-14/h2-5H,6-9,14H2,1H3,(H,15,18)(H,16,17). The molecular weight excluding hydrogens is 230 g/mol. The van der Waals surface area contributed by atoms with Crippen LogP contribution in [0.2, 0.25) is 0 Å². The van der Waals surface area contributed by atoms with E-state index in [1.54, 1.807) is 0 Å². The lowest BCUT2D eigenvalue weighted by atomic mass is 10.1. The summed E-state index contributed by atoms with van der Waals surface area (Å²) in [5, 5.41) is 5.16. The highest BCUT2D eigenvalue weighted by molar-refractivity contribution is 5.85. The van der Waals surface area contributed by atoms with E-state index in [2.05, 4.69) is 10.6 Å². The van der Waals surface area contributed by atoms with E-state index in [9.17, 15) is 9.59 Å². The maximum absolute atomic E-state index is 11.4. The van der Waals surface area contributed by atoms with Crippen LogP contribution in [0.4, 0.5) is 0 Å². The minimum Gasteiger partial charge on any atom is -0.354 e. The quantitative estimate of drug-likeness (QED) is 0.649. The van der Waals surface area contributed by atoms with Gasteiger partial charge in [0.15, 0.2) is 0 Å². The highest BCUT2D eigenvalue weighted by Gasteiger charge is 2.03. The Kier molecular flexibility index (Phi) is 5.87. The van der Waals surface area contributed by atoms with Gasteiger partial charge < -0.3 is 16.4 Å². The summed E-state index contributed by atoms with van der Waals surface area (Å²) in [6, 6.07) is 8.04. The Morgan fingerprint density at radius 2 is 1.89 bits per heavy atom. The van der Waals surface area contributed by atoms with E-state index in [-0.39, 0.29) is 24.9 Å². The normalized spacial score (nSPS) is 9.89. The van der Waals surface area contributed by atoms with E-state index in [4.69, 9.17) is 5.73 Å². The van der Waals surface area contributed by atoms with Gasteiger partial charge in [-0.1, -0.05) is 24.3 Å². The van der Waals surface area contributed by atoms with Gasteiger partial charge in [-0.25, -0.2) is 0 Å². The number of carbonyl (C=O) groups excluding carboxylic acids is 2. The lowest BCUT2D eigenvalue weighted by Gasteiger charge is -2.08. The maximum Gasteiger partial charge on any atom is 0.239 e. The number of nitrogens with one attached hydrogen (secondary N) is 2. The Bertz CT molecular complexity index is 418. The number of rotatable bonds is 6. The third-order valence-corrected chi connectivity index (χ3v) is 2.61. The molecule has 0 aliphatic rings. The Morgan fingerprint density at radius 3 is 2.56 bits per heavy atom. The van der Waals surface area contributed by atoms with E-state index in [0.717, 1.165) is 6.42 Å². The third kappa shape index (κ3) is 4.97. The van der Waals surface area contributed by atoms with E-state index in [0.29, 0.717) is 6.54 Å². The van der Waals surface area contributed by atoms with Crippen LogP contribution < -0.4 is 16.4 Å². The topological polar surface area (TPSA) is 84.2 Å². The molecule has 18 heavy (non-hydrogen) atoms. The second-order valence-electron chi connectivity index (χ2n) is 4.01. The molecule has 98 valence electrons. The van der Waals surface area contributed by atoms with Crippen molar-refractivity contribution in [1.29, 1.82) is 0 Å². The first-order valence-corrected chi connectivity index (χ1v) is 5.91. The molecule has 1 aromatic rings. The van der Waals surface area contributed by atoms with E-state index >= 15 is 0 Å². The van der Waals surface area contributed by atoms with Crippen LogP contribution in [0.3, 0.4) is 0 Å². The molecule has 0 fully saturated rings. The Morgan fingerprint density at radius 1 is 1.17 bits per heavy atom. The van der Waals surface area contributed by atoms with Crippen molar-refractivity contribution in [3.8, 4) is 0 Å². The maximum atomic E-state index is 11.4. The summed E-state index contributed by atoms with van der Waals surface area (Å²) >= 11 is 0. The van der Waals surface area contributed by atoms with Crippen molar-refractivity contribution in [2.24, 2.45) is 5.73 Å². The van der Waals surface area contributed by atoms with E-state index in [1.165, 1.54) is 11.1 Å². The summed E-state index contributed by atoms with van der Waals surface area (Å²) in [7, 11) is 0. The summed E-state index contributed by atoms with van der Waals surface area (Å²) in [6.45, 7) is 2.47. The van der Waals surface area contributed by atoms with Gasteiger partial charge in [-0.2, -0.15) is 0 Å². The zero-order valence-electron chi connectivity index (χ0n) is 10.5. The van der Waals surface area contributed by atoms with Crippen molar-refractivity contribution < 1.29 is 9.59 Å². The van der Waals surface area contributed by atoms with Crippen LogP contribution in [0.25, 0.3) is 0 Å². The van der Waals surface area contributed by atoms with Gasteiger partial charge in [0.25, 0.3) is 0 Å². The molecule has 0 atom stereocenters. The molecule has 4 N–H and O–H groups in total. The van der Waals surface area contributed by atoms with Gasteiger partial charge in [0.1, 0.15) is 0 Å². The van der Waals surface area contributed by atoms with Crippen molar-refractivity contribution in [2.75, 3.05) is 19.6 Å². The minimum absolute atomic E-state index is 0.0240. The third-order valence-electron chi connectivity index (χ3n) is 2.61. The first-order valence-electron chi connectivity index (χ1n) is 5.91. The smallest absolute Gasteiger partial charge is 0.239 e. The molecule has 0 heterocycles. The Balaban J connectivity index is 2.24. The lowest BCUT2D eigenvalue weighted by Crippen LogP contribution is -2.40. The first kappa shape index (κ1) is 14.2. The van der Waals surface area contributed by atoms with Crippen LogP contribution in [-0.4, -0.2) is 31.4 Å². The van der Waals surface area contributed by atoms with Crippen molar-refractivity contribution in [2.45, 2.75) is 13.3 Å². The van der Waals surface area contributed by atoms with Gasteiger partial charge in [0.2, 0.25) is 11.8 Å². The van der Waals surface area contributed by atoms with Crippen molar-refractivity contribution in [3.05, 3.63) is 35.4 Å². The van der Waals surface area contributed by atoms with Crippen molar-refractivity contribution >= 4 is 11.8 Å². The molecule has 0 saturated heterocycles. The van der Waals surface area contributed by atoms with E-state index in [1.807, 2.05) is 31.2 Å². The molecular formula is C13H19N3O2. The van der Waals surface area contributed by atoms with Gasteiger partial charge in [-0.05, 0) is 24.5 Å². The zero-order valence-corrected chi connectivity index (χ0v) is 10.5. The van der Waals surface area contributed by atoms with Crippen LogP contribution in [0.15, 0.2) is 24.3 Å².